The van der Waals surface area contributed by atoms with Crippen LogP contribution in [-0.4, -0.2) is 31.7 Å². The summed E-state index contributed by atoms with van der Waals surface area (Å²) in [6.07, 6.45) is 2.82. The van der Waals surface area contributed by atoms with Crippen molar-refractivity contribution in [3.63, 3.8) is 0 Å². The summed E-state index contributed by atoms with van der Waals surface area (Å²) in [6, 6.07) is 6.55. The lowest BCUT2D eigenvalue weighted by atomic mass is 10.2. The molecule has 26 heavy (non-hydrogen) atoms. The Kier molecular flexibility index (Phi) is 4.09. The van der Waals surface area contributed by atoms with E-state index in [0.29, 0.717) is 22.5 Å². The van der Waals surface area contributed by atoms with Crippen LogP contribution in [0.15, 0.2) is 24.5 Å². The van der Waals surface area contributed by atoms with Gasteiger partial charge in [0.05, 0.1) is 29.1 Å². The molecule has 0 aromatic carbocycles. The summed E-state index contributed by atoms with van der Waals surface area (Å²) in [4.78, 5) is 20.0. The molecule has 10 nitrogen and oxygen atoms in total. The Balaban J connectivity index is 2.15. The minimum absolute atomic E-state index is 0.0759. The molecule has 3 aromatic rings. The van der Waals surface area contributed by atoms with E-state index >= 15 is 0 Å². The van der Waals surface area contributed by atoms with Crippen molar-refractivity contribution in [2.24, 2.45) is 5.73 Å². The number of carbonyl (C=O) groups is 1. The molecule has 0 fully saturated rings. The Morgan fingerprint density at radius 3 is 2.77 bits per heavy atom. The van der Waals surface area contributed by atoms with Gasteiger partial charge in [-0.3, -0.25) is 4.79 Å². The van der Waals surface area contributed by atoms with Crippen molar-refractivity contribution in [3.05, 3.63) is 35.7 Å². The molecule has 0 saturated heterocycles. The third-order valence-corrected chi connectivity index (χ3v) is 3.63. The molecule has 3 heterocycles. The van der Waals surface area contributed by atoms with Crippen LogP contribution in [0.5, 0.6) is 0 Å². The van der Waals surface area contributed by atoms with Gasteiger partial charge in [0, 0.05) is 17.6 Å². The minimum atomic E-state index is -0.678. The smallest absolute Gasteiger partial charge is 0.252 e. The quantitative estimate of drug-likeness (QED) is 0.618. The van der Waals surface area contributed by atoms with Crippen LogP contribution < -0.4 is 16.8 Å². The van der Waals surface area contributed by atoms with Crippen LogP contribution >= 0.6 is 0 Å². The number of nitrogen functional groups attached to an aromatic ring is 1. The second-order valence-corrected chi connectivity index (χ2v) is 5.45. The van der Waals surface area contributed by atoms with Crippen molar-refractivity contribution in [1.82, 2.24) is 19.7 Å². The minimum Gasteiger partial charge on any atom is -0.383 e. The number of primary amides is 1. The molecule has 10 heteroatoms. The highest BCUT2D eigenvalue weighted by Crippen LogP contribution is 2.23. The predicted molar refractivity (Wildman–Crippen MR) is 93.0 cm³/mol. The number of hydrogen-bond acceptors (Lipinski definition) is 8. The van der Waals surface area contributed by atoms with Crippen LogP contribution in [0.4, 0.5) is 11.5 Å². The van der Waals surface area contributed by atoms with Crippen LogP contribution in [0.2, 0.25) is 0 Å². The van der Waals surface area contributed by atoms with Gasteiger partial charge in [-0.15, -0.1) is 0 Å². The number of pyridine rings is 2. The van der Waals surface area contributed by atoms with E-state index in [1.165, 1.54) is 23.1 Å². The number of nitrogens with two attached hydrogens (primary N) is 2. The zero-order valence-electron chi connectivity index (χ0n) is 13.6. The van der Waals surface area contributed by atoms with Gasteiger partial charge in [0.2, 0.25) is 0 Å². The summed E-state index contributed by atoms with van der Waals surface area (Å²) < 4.78 is 1.42. The van der Waals surface area contributed by atoms with Crippen LogP contribution in [0.3, 0.4) is 0 Å². The number of fused-ring (bicyclic) bond motifs is 1. The molecule has 0 aliphatic carbocycles. The summed E-state index contributed by atoms with van der Waals surface area (Å²) in [5.74, 6) is -0.260. The molecule has 1 atom stereocenters. The van der Waals surface area contributed by atoms with Crippen LogP contribution in [0.1, 0.15) is 22.8 Å². The Labute approximate surface area is 147 Å². The Bertz CT molecular complexity index is 1100. The molecule has 0 aliphatic rings. The molecule has 1 amide bonds. The molecular formula is C16H13N9O. The Hall–Kier alpha value is -4.18. The van der Waals surface area contributed by atoms with Crippen LogP contribution in [0.25, 0.3) is 16.9 Å². The normalized spacial score (nSPS) is 11.5. The van der Waals surface area contributed by atoms with Crippen molar-refractivity contribution >= 4 is 28.4 Å². The number of nitrogens with one attached hydrogen (secondary N) is 1. The van der Waals surface area contributed by atoms with E-state index in [1.54, 1.807) is 13.0 Å². The summed E-state index contributed by atoms with van der Waals surface area (Å²) in [5, 5.41) is 25.7. The van der Waals surface area contributed by atoms with E-state index in [1.807, 2.05) is 12.1 Å². The fraction of sp³-hybridized carbons (Fsp3) is 0.125. The molecule has 0 radical (unpaired) electrons. The number of aromatic nitrogens is 4. The van der Waals surface area contributed by atoms with Gasteiger partial charge in [-0.2, -0.15) is 20.3 Å². The lowest BCUT2D eigenvalue weighted by molar-refractivity contribution is 0.100. The predicted octanol–water partition coefficient (Wildman–Crippen LogP) is 0.692. The van der Waals surface area contributed by atoms with E-state index in [4.69, 9.17) is 22.0 Å². The van der Waals surface area contributed by atoms with E-state index in [0.717, 1.165) is 0 Å². The van der Waals surface area contributed by atoms with Gasteiger partial charge in [0.25, 0.3) is 5.91 Å². The van der Waals surface area contributed by atoms with E-state index < -0.39 is 11.9 Å². The number of hydrogen-bond donors (Lipinski definition) is 3. The molecule has 128 valence electrons. The standard InChI is InChI=1S/C16H13N9O/c1-8(4-17)23-12-3-13(21-7-11(12)15(20)26)25-16-10(6-22-25)2-9(5-18)14(19)24-16/h2-3,6-8H,1H3,(H2,19,24)(H2,20,26)(H,21,23)/t8-/m1/s1. The van der Waals surface area contributed by atoms with Gasteiger partial charge >= 0.3 is 0 Å². The first-order chi connectivity index (χ1) is 12.4. The largest absolute Gasteiger partial charge is 0.383 e. The third kappa shape index (κ3) is 2.83. The van der Waals surface area contributed by atoms with Gasteiger partial charge in [0.1, 0.15) is 17.9 Å². The zero-order chi connectivity index (χ0) is 18.8. The second kappa shape index (κ2) is 6.37. The number of carbonyl (C=O) groups excluding carboxylic acids is 1. The number of amides is 1. The summed E-state index contributed by atoms with van der Waals surface area (Å²) in [5.41, 5.74) is 12.3. The molecule has 3 aromatic heterocycles. The van der Waals surface area contributed by atoms with Crippen molar-refractivity contribution in [1.29, 1.82) is 10.5 Å². The average molecular weight is 347 g/mol. The zero-order valence-corrected chi connectivity index (χ0v) is 13.6. The van der Waals surface area contributed by atoms with Gasteiger partial charge in [-0.05, 0) is 13.0 Å². The van der Waals surface area contributed by atoms with E-state index in [9.17, 15) is 4.79 Å². The van der Waals surface area contributed by atoms with Crippen molar-refractivity contribution in [2.75, 3.05) is 11.1 Å². The fourth-order valence-electron chi connectivity index (χ4n) is 2.37. The van der Waals surface area contributed by atoms with Gasteiger partial charge in [0.15, 0.2) is 11.5 Å². The first-order valence-corrected chi connectivity index (χ1v) is 7.45. The highest BCUT2D eigenvalue weighted by atomic mass is 16.1. The number of rotatable bonds is 4. The van der Waals surface area contributed by atoms with Crippen molar-refractivity contribution in [3.8, 4) is 18.0 Å². The average Bonchev–Trinajstić information content (AvgIpc) is 3.03. The summed E-state index contributed by atoms with van der Waals surface area (Å²) in [7, 11) is 0. The molecule has 0 aliphatic heterocycles. The molecule has 0 bridgehead atoms. The first-order valence-electron chi connectivity index (χ1n) is 7.45. The van der Waals surface area contributed by atoms with Crippen LogP contribution in [0, 0.1) is 22.7 Å². The molecular weight excluding hydrogens is 334 g/mol. The molecule has 3 rings (SSSR count). The van der Waals surface area contributed by atoms with Gasteiger partial charge in [-0.1, -0.05) is 0 Å². The lowest BCUT2D eigenvalue weighted by Crippen LogP contribution is -2.19. The summed E-state index contributed by atoms with van der Waals surface area (Å²) >= 11 is 0. The molecule has 5 N–H and O–H groups in total. The summed E-state index contributed by atoms with van der Waals surface area (Å²) in [6.45, 7) is 1.64. The molecule has 0 unspecified atom stereocenters. The SMILES string of the molecule is C[C@H](C#N)Nc1cc(-n2ncc3cc(C#N)c(N)nc32)ncc1C(N)=O. The highest BCUT2D eigenvalue weighted by Gasteiger charge is 2.16. The first kappa shape index (κ1) is 16.7. The molecule has 0 spiro atoms. The number of anilines is 2. The Morgan fingerprint density at radius 1 is 1.35 bits per heavy atom. The van der Waals surface area contributed by atoms with Gasteiger partial charge in [-0.25, -0.2) is 9.97 Å². The van der Waals surface area contributed by atoms with Crippen molar-refractivity contribution < 1.29 is 4.79 Å². The van der Waals surface area contributed by atoms with E-state index in [2.05, 4.69) is 20.4 Å². The fourth-order valence-corrected chi connectivity index (χ4v) is 2.37. The van der Waals surface area contributed by atoms with E-state index in [-0.39, 0.29) is 16.9 Å². The maximum Gasteiger partial charge on any atom is 0.252 e. The number of nitriles is 2. The van der Waals surface area contributed by atoms with Crippen molar-refractivity contribution in [2.45, 2.75) is 13.0 Å². The topological polar surface area (TPSA) is 172 Å². The Morgan fingerprint density at radius 2 is 2.12 bits per heavy atom. The molecule has 0 saturated carbocycles. The lowest BCUT2D eigenvalue weighted by Gasteiger charge is -2.13. The second-order valence-electron chi connectivity index (χ2n) is 5.45. The third-order valence-electron chi connectivity index (χ3n) is 3.63. The maximum absolute atomic E-state index is 11.6. The highest BCUT2D eigenvalue weighted by molar-refractivity contribution is 5.98. The number of nitrogens with zero attached hydrogens (tertiary/aromatic N) is 6. The van der Waals surface area contributed by atoms with Gasteiger partial charge < -0.3 is 16.8 Å². The van der Waals surface area contributed by atoms with Crippen LogP contribution in [-0.2, 0) is 0 Å². The maximum atomic E-state index is 11.6. The monoisotopic (exact) mass is 347 g/mol.